The fraction of sp³-hybridized carbons (Fsp3) is 0.846. The summed E-state index contributed by atoms with van der Waals surface area (Å²) in [6.07, 6.45) is 7.47. The van der Waals surface area contributed by atoms with E-state index in [4.69, 9.17) is 0 Å². The van der Waals surface area contributed by atoms with Crippen LogP contribution >= 0.6 is 0 Å². The number of carbonyl (C=O) groups is 1. The molecule has 0 saturated heterocycles. The number of nitrogens with zero attached hydrogens (tertiary/aromatic N) is 2. The third-order valence-corrected chi connectivity index (χ3v) is 4.23. The van der Waals surface area contributed by atoms with Crippen LogP contribution in [0.3, 0.4) is 0 Å². The Morgan fingerprint density at radius 3 is 2.38 bits per heavy atom. The van der Waals surface area contributed by atoms with E-state index in [9.17, 15) is 10.1 Å². The standard InChI is InChI=1S/C13H18N2O/c14-9-13(6-1-7-13)12(16)15(11-4-5-11)8-10-2-3-10/h10-11H,1-8H2. The van der Waals surface area contributed by atoms with Crippen LogP contribution in [0.2, 0.25) is 0 Å². The van der Waals surface area contributed by atoms with Crippen molar-refractivity contribution in [1.29, 1.82) is 5.26 Å². The van der Waals surface area contributed by atoms with Crippen LogP contribution in [0.25, 0.3) is 0 Å². The summed E-state index contributed by atoms with van der Waals surface area (Å²) in [5.41, 5.74) is -0.627. The van der Waals surface area contributed by atoms with Crippen LogP contribution in [0.15, 0.2) is 0 Å². The second-order valence-electron chi connectivity index (χ2n) is 5.68. The summed E-state index contributed by atoms with van der Waals surface area (Å²) in [5, 5.41) is 9.21. The molecule has 0 aromatic carbocycles. The van der Waals surface area contributed by atoms with Gasteiger partial charge in [0.15, 0.2) is 0 Å². The average molecular weight is 218 g/mol. The van der Waals surface area contributed by atoms with Crippen molar-refractivity contribution in [3.05, 3.63) is 0 Å². The summed E-state index contributed by atoms with van der Waals surface area (Å²) in [4.78, 5) is 14.5. The van der Waals surface area contributed by atoms with Gasteiger partial charge in [0.25, 0.3) is 0 Å². The van der Waals surface area contributed by atoms with E-state index in [-0.39, 0.29) is 5.91 Å². The van der Waals surface area contributed by atoms with Crippen molar-refractivity contribution in [3.63, 3.8) is 0 Å². The van der Waals surface area contributed by atoms with Gasteiger partial charge in [-0.15, -0.1) is 0 Å². The highest BCUT2D eigenvalue weighted by atomic mass is 16.2. The van der Waals surface area contributed by atoms with Crippen LogP contribution in [0.4, 0.5) is 0 Å². The second-order valence-corrected chi connectivity index (χ2v) is 5.68. The van der Waals surface area contributed by atoms with Gasteiger partial charge in [0.1, 0.15) is 5.41 Å². The molecule has 3 saturated carbocycles. The molecule has 1 amide bonds. The van der Waals surface area contributed by atoms with Gasteiger partial charge in [-0.3, -0.25) is 4.79 Å². The van der Waals surface area contributed by atoms with E-state index in [2.05, 4.69) is 6.07 Å². The molecule has 0 aliphatic heterocycles. The zero-order valence-electron chi connectivity index (χ0n) is 9.61. The van der Waals surface area contributed by atoms with Crippen molar-refractivity contribution in [3.8, 4) is 6.07 Å². The molecule has 3 fully saturated rings. The van der Waals surface area contributed by atoms with Gasteiger partial charge in [0.2, 0.25) is 5.91 Å². The Hall–Kier alpha value is -1.04. The number of nitriles is 1. The van der Waals surface area contributed by atoms with E-state index in [1.165, 1.54) is 12.8 Å². The van der Waals surface area contributed by atoms with E-state index in [1.807, 2.05) is 4.90 Å². The molecule has 0 atom stereocenters. The van der Waals surface area contributed by atoms with Gasteiger partial charge in [-0.2, -0.15) is 5.26 Å². The molecular formula is C13H18N2O. The Morgan fingerprint density at radius 1 is 1.31 bits per heavy atom. The van der Waals surface area contributed by atoms with Crippen molar-refractivity contribution < 1.29 is 4.79 Å². The van der Waals surface area contributed by atoms with Gasteiger partial charge in [-0.25, -0.2) is 0 Å². The maximum absolute atomic E-state index is 12.4. The first-order valence-corrected chi connectivity index (χ1v) is 6.47. The molecule has 3 rings (SSSR count). The third-order valence-electron chi connectivity index (χ3n) is 4.23. The normalized spacial score (nSPS) is 26.7. The maximum Gasteiger partial charge on any atom is 0.243 e. The topological polar surface area (TPSA) is 44.1 Å². The van der Waals surface area contributed by atoms with Gasteiger partial charge >= 0.3 is 0 Å². The second kappa shape index (κ2) is 3.48. The molecule has 0 spiro atoms. The minimum absolute atomic E-state index is 0.149. The molecule has 16 heavy (non-hydrogen) atoms. The molecule has 0 heterocycles. The molecular weight excluding hydrogens is 200 g/mol. The molecule has 0 aromatic rings. The van der Waals surface area contributed by atoms with Gasteiger partial charge in [-0.1, -0.05) is 0 Å². The average Bonchev–Trinajstić information content (AvgIpc) is 3.06. The lowest BCUT2D eigenvalue weighted by atomic mass is 9.69. The molecule has 3 aliphatic carbocycles. The lowest BCUT2D eigenvalue weighted by molar-refractivity contribution is -0.143. The molecule has 0 bridgehead atoms. The van der Waals surface area contributed by atoms with Crippen molar-refractivity contribution in [2.24, 2.45) is 11.3 Å². The Labute approximate surface area is 96.4 Å². The van der Waals surface area contributed by atoms with E-state index < -0.39 is 5.41 Å². The number of hydrogen-bond donors (Lipinski definition) is 0. The number of hydrogen-bond acceptors (Lipinski definition) is 2. The first-order chi connectivity index (χ1) is 7.75. The third kappa shape index (κ3) is 1.61. The Kier molecular flexibility index (Phi) is 2.20. The SMILES string of the molecule is N#CC1(C(=O)N(CC2CC2)C2CC2)CCC1. The number of rotatable bonds is 4. The number of carbonyl (C=O) groups excluding carboxylic acids is 1. The van der Waals surface area contributed by atoms with Crippen molar-refractivity contribution in [2.45, 2.75) is 51.0 Å². The highest BCUT2D eigenvalue weighted by Crippen LogP contribution is 2.45. The minimum Gasteiger partial charge on any atom is -0.338 e. The Balaban J connectivity index is 1.72. The molecule has 0 aromatic heterocycles. The smallest absolute Gasteiger partial charge is 0.243 e. The summed E-state index contributed by atoms with van der Waals surface area (Å²) in [6, 6.07) is 2.75. The molecule has 0 unspecified atom stereocenters. The molecule has 3 heteroatoms. The van der Waals surface area contributed by atoms with Gasteiger partial charge < -0.3 is 4.90 Å². The fourth-order valence-corrected chi connectivity index (χ4v) is 2.54. The minimum atomic E-state index is -0.627. The first kappa shape index (κ1) is 10.1. The van der Waals surface area contributed by atoms with Gasteiger partial charge in [0, 0.05) is 12.6 Å². The van der Waals surface area contributed by atoms with Crippen LogP contribution in [-0.2, 0) is 4.79 Å². The van der Waals surface area contributed by atoms with Crippen LogP contribution in [0.1, 0.15) is 44.9 Å². The maximum atomic E-state index is 12.4. The summed E-state index contributed by atoms with van der Waals surface area (Å²) >= 11 is 0. The molecule has 0 N–H and O–H groups in total. The number of amides is 1. The summed E-state index contributed by atoms with van der Waals surface area (Å²) < 4.78 is 0. The zero-order valence-corrected chi connectivity index (χ0v) is 9.61. The monoisotopic (exact) mass is 218 g/mol. The van der Waals surface area contributed by atoms with E-state index >= 15 is 0 Å². The van der Waals surface area contributed by atoms with Crippen LogP contribution in [-0.4, -0.2) is 23.4 Å². The van der Waals surface area contributed by atoms with E-state index in [0.717, 1.165) is 44.6 Å². The lowest BCUT2D eigenvalue weighted by Crippen LogP contribution is -2.48. The van der Waals surface area contributed by atoms with E-state index in [0.29, 0.717) is 6.04 Å². The molecule has 0 radical (unpaired) electrons. The van der Waals surface area contributed by atoms with E-state index in [1.54, 1.807) is 0 Å². The predicted octanol–water partition coefficient (Wildman–Crippen LogP) is 2.08. The summed E-state index contributed by atoms with van der Waals surface area (Å²) in [5.74, 6) is 0.885. The molecule has 3 aliphatic rings. The predicted molar refractivity (Wildman–Crippen MR) is 59.4 cm³/mol. The van der Waals surface area contributed by atoms with Crippen molar-refractivity contribution in [2.75, 3.05) is 6.54 Å². The highest BCUT2D eigenvalue weighted by molar-refractivity contribution is 5.87. The zero-order chi connectivity index (χ0) is 11.2. The molecule has 86 valence electrons. The van der Waals surface area contributed by atoms with Crippen LogP contribution in [0, 0.1) is 22.7 Å². The van der Waals surface area contributed by atoms with Crippen LogP contribution < -0.4 is 0 Å². The molecule has 3 nitrogen and oxygen atoms in total. The lowest BCUT2D eigenvalue weighted by Gasteiger charge is -2.38. The van der Waals surface area contributed by atoms with Crippen LogP contribution in [0.5, 0.6) is 0 Å². The fourth-order valence-electron chi connectivity index (χ4n) is 2.54. The largest absolute Gasteiger partial charge is 0.338 e. The van der Waals surface area contributed by atoms with Gasteiger partial charge in [0.05, 0.1) is 6.07 Å². The quantitative estimate of drug-likeness (QED) is 0.725. The van der Waals surface area contributed by atoms with Gasteiger partial charge in [-0.05, 0) is 50.9 Å². The Bertz CT molecular complexity index is 345. The Morgan fingerprint density at radius 2 is 2.00 bits per heavy atom. The first-order valence-electron chi connectivity index (χ1n) is 6.47. The highest BCUT2D eigenvalue weighted by Gasteiger charge is 2.50. The van der Waals surface area contributed by atoms with Crippen molar-refractivity contribution in [1.82, 2.24) is 4.90 Å². The van der Waals surface area contributed by atoms with Crippen molar-refractivity contribution >= 4 is 5.91 Å². The summed E-state index contributed by atoms with van der Waals surface area (Å²) in [6.45, 7) is 0.924. The summed E-state index contributed by atoms with van der Waals surface area (Å²) in [7, 11) is 0.